The SMILES string of the molecule is CCCn1ncc(Cl)c1C(N)c1ccc(Cl)c(F)c1. The fourth-order valence-electron chi connectivity index (χ4n) is 1.93. The van der Waals surface area contributed by atoms with E-state index < -0.39 is 11.9 Å². The van der Waals surface area contributed by atoms with Gasteiger partial charge in [-0.15, -0.1) is 0 Å². The molecule has 2 N–H and O–H groups in total. The maximum atomic E-state index is 13.5. The van der Waals surface area contributed by atoms with Crippen LogP contribution in [0.15, 0.2) is 24.4 Å². The predicted octanol–water partition coefficient (Wildman–Crippen LogP) is 3.79. The highest BCUT2D eigenvalue weighted by Gasteiger charge is 2.19. The Morgan fingerprint density at radius 3 is 2.74 bits per heavy atom. The summed E-state index contributed by atoms with van der Waals surface area (Å²) in [6, 6.07) is 3.97. The van der Waals surface area contributed by atoms with Crippen LogP contribution in [-0.2, 0) is 6.54 Å². The third kappa shape index (κ3) is 2.91. The average molecular weight is 302 g/mol. The molecule has 0 saturated carbocycles. The first-order valence-electron chi connectivity index (χ1n) is 5.96. The van der Waals surface area contributed by atoms with E-state index in [0.717, 1.165) is 6.42 Å². The number of nitrogens with zero attached hydrogens (tertiary/aromatic N) is 2. The third-order valence-electron chi connectivity index (χ3n) is 2.87. The van der Waals surface area contributed by atoms with Gasteiger partial charge in [0.1, 0.15) is 5.82 Å². The summed E-state index contributed by atoms with van der Waals surface area (Å²) in [5.41, 5.74) is 7.45. The van der Waals surface area contributed by atoms with Gasteiger partial charge in [-0.1, -0.05) is 36.2 Å². The van der Waals surface area contributed by atoms with Gasteiger partial charge in [-0.2, -0.15) is 5.10 Å². The van der Waals surface area contributed by atoms with Crippen LogP contribution in [0, 0.1) is 5.82 Å². The molecule has 0 amide bonds. The van der Waals surface area contributed by atoms with Crippen molar-refractivity contribution in [2.75, 3.05) is 0 Å². The Labute approximate surface area is 121 Å². The standard InChI is InChI=1S/C13H14Cl2FN3/c1-2-5-19-13(10(15)7-18-19)12(17)8-3-4-9(14)11(16)6-8/h3-4,6-7,12H,2,5,17H2,1H3. The van der Waals surface area contributed by atoms with Crippen LogP contribution in [0.1, 0.15) is 30.6 Å². The lowest BCUT2D eigenvalue weighted by molar-refractivity contribution is 0.558. The van der Waals surface area contributed by atoms with E-state index in [1.165, 1.54) is 12.1 Å². The van der Waals surface area contributed by atoms with Crippen LogP contribution in [0.3, 0.4) is 0 Å². The second kappa shape index (κ2) is 5.90. The summed E-state index contributed by atoms with van der Waals surface area (Å²) in [5, 5.41) is 4.73. The van der Waals surface area contributed by atoms with E-state index >= 15 is 0 Å². The van der Waals surface area contributed by atoms with Crippen molar-refractivity contribution >= 4 is 23.2 Å². The highest BCUT2D eigenvalue weighted by Crippen LogP contribution is 2.28. The van der Waals surface area contributed by atoms with Crippen molar-refractivity contribution in [2.24, 2.45) is 5.73 Å². The zero-order valence-electron chi connectivity index (χ0n) is 10.4. The minimum atomic E-state index is -0.534. The molecule has 102 valence electrons. The Balaban J connectivity index is 2.40. The molecule has 1 atom stereocenters. The fourth-order valence-corrected chi connectivity index (χ4v) is 2.31. The molecule has 0 aliphatic rings. The van der Waals surface area contributed by atoms with E-state index in [0.29, 0.717) is 22.8 Å². The van der Waals surface area contributed by atoms with Crippen LogP contribution in [-0.4, -0.2) is 9.78 Å². The average Bonchev–Trinajstić information content (AvgIpc) is 2.74. The van der Waals surface area contributed by atoms with Gasteiger partial charge < -0.3 is 5.73 Å². The molecule has 6 heteroatoms. The Morgan fingerprint density at radius 2 is 2.11 bits per heavy atom. The molecule has 0 bridgehead atoms. The van der Waals surface area contributed by atoms with Gasteiger partial charge in [0.2, 0.25) is 0 Å². The number of hydrogen-bond acceptors (Lipinski definition) is 2. The van der Waals surface area contributed by atoms with Gasteiger partial charge in [-0.05, 0) is 24.1 Å². The molecule has 1 aromatic carbocycles. The molecule has 2 rings (SSSR count). The first-order chi connectivity index (χ1) is 9.04. The summed E-state index contributed by atoms with van der Waals surface area (Å²) < 4.78 is 15.2. The lowest BCUT2D eigenvalue weighted by atomic mass is 10.0. The summed E-state index contributed by atoms with van der Waals surface area (Å²) in [5.74, 6) is -0.493. The van der Waals surface area contributed by atoms with Crippen molar-refractivity contribution in [3.8, 4) is 0 Å². The lowest BCUT2D eigenvalue weighted by Gasteiger charge is -2.15. The maximum Gasteiger partial charge on any atom is 0.142 e. The molecule has 0 aliphatic carbocycles. The summed E-state index contributed by atoms with van der Waals surface area (Å²) >= 11 is 11.8. The van der Waals surface area contributed by atoms with Gasteiger partial charge in [0, 0.05) is 6.54 Å². The van der Waals surface area contributed by atoms with Gasteiger partial charge in [0.05, 0.1) is 28.0 Å². The smallest absolute Gasteiger partial charge is 0.142 e. The third-order valence-corrected chi connectivity index (χ3v) is 3.46. The molecule has 1 aromatic heterocycles. The normalized spacial score (nSPS) is 12.7. The molecule has 0 aliphatic heterocycles. The minimum Gasteiger partial charge on any atom is -0.319 e. The highest BCUT2D eigenvalue weighted by molar-refractivity contribution is 6.31. The second-order valence-corrected chi connectivity index (χ2v) is 5.07. The number of aryl methyl sites for hydroxylation is 1. The van der Waals surface area contributed by atoms with Crippen molar-refractivity contribution in [3.05, 3.63) is 51.5 Å². The lowest BCUT2D eigenvalue weighted by Crippen LogP contribution is -2.18. The zero-order valence-corrected chi connectivity index (χ0v) is 11.9. The molecule has 3 nitrogen and oxygen atoms in total. The van der Waals surface area contributed by atoms with E-state index in [1.54, 1.807) is 16.9 Å². The Kier molecular flexibility index (Phi) is 4.45. The Hall–Kier alpha value is -1.10. The molecule has 0 radical (unpaired) electrons. The van der Waals surface area contributed by atoms with Crippen LogP contribution >= 0.6 is 23.2 Å². The van der Waals surface area contributed by atoms with Crippen molar-refractivity contribution in [2.45, 2.75) is 25.9 Å². The zero-order chi connectivity index (χ0) is 14.0. The molecular weight excluding hydrogens is 288 g/mol. The van der Waals surface area contributed by atoms with Crippen molar-refractivity contribution < 1.29 is 4.39 Å². The highest BCUT2D eigenvalue weighted by atomic mass is 35.5. The number of halogens is 3. The van der Waals surface area contributed by atoms with Crippen LogP contribution in [0.2, 0.25) is 10.0 Å². The maximum absolute atomic E-state index is 13.5. The largest absolute Gasteiger partial charge is 0.319 e. The number of benzene rings is 1. The van der Waals surface area contributed by atoms with E-state index in [2.05, 4.69) is 5.10 Å². The summed E-state index contributed by atoms with van der Waals surface area (Å²) in [4.78, 5) is 0. The number of aromatic nitrogens is 2. The van der Waals surface area contributed by atoms with E-state index in [1.807, 2.05) is 6.92 Å². The summed E-state index contributed by atoms with van der Waals surface area (Å²) in [7, 11) is 0. The monoisotopic (exact) mass is 301 g/mol. The number of rotatable bonds is 4. The van der Waals surface area contributed by atoms with Crippen molar-refractivity contribution in [1.29, 1.82) is 0 Å². The molecule has 19 heavy (non-hydrogen) atoms. The first-order valence-corrected chi connectivity index (χ1v) is 6.72. The topological polar surface area (TPSA) is 43.8 Å². The van der Waals surface area contributed by atoms with Crippen molar-refractivity contribution in [1.82, 2.24) is 9.78 Å². The molecule has 2 aromatic rings. The van der Waals surface area contributed by atoms with Crippen LogP contribution < -0.4 is 5.73 Å². The van der Waals surface area contributed by atoms with E-state index in [4.69, 9.17) is 28.9 Å². The molecule has 0 fully saturated rings. The van der Waals surface area contributed by atoms with E-state index in [-0.39, 0.29) is 5.02 Å². The quantitative estimate of drug-likeness (QED) is 0.934. The molecule has 0 saturated heterocycles. The first kappa shape index (κ1) is 14.3. The van der Waals surface area contributed by atoms with Crippen LogP contribution in [0.5, 0.6) is 0 Å². The fraction of sp³-hybridized carbons (Fsp3) is 0.308. The predicted molar refractivity (Wildman–Crippen MR) is 75.0 cm³/mol. The molecule has 1 unspecified atom stereocenters. The summed E-state index contributed by atoms with van der Waals surface area (Å²) in [6.45, 7) is 2.75. The Bertz CT molecular complexity index is 583. The summed E-state index contributed by atoms with van der Waals surface area (Å²) in [6.07, 6.45) is 2.46. The number of hydrogen-bond donors (Lipinski definition) is 1. The van der Waals surface area contributed by atoms with Gasteiger partial charge in [-0.3, -0.25) is 4.68 Å². The van der Waals surface area contributed by atoms with Gasteiger partial charge in [0.25, 0.3) is 0 Å². The van der Waals surface area contributed by atoms with Gasteiger partial charge in [-0.25, -0.2) is 4.39 Å². The van der Waals surface area contributed by atoms with Gasteiger partial charge >= 0.3 is 0 Å². The molecular formula is C13H14Cl2FN3. The molecule has 0 spiro atoms. The van der Waals surface area contributed by atoms with Crippen LogP contribution in [0.25, 0.3) is 0 Å². The van der Waals surface area contributed by atoms with E-state index in [9.17, 15) is 4.39 Å². The van der Waals surface area contributed by atoms with Crippen molar-refractivity contribution in [3.63, 3.8) is 0 Å². The minimum absolute atomic E-state index is 0.0733. The Morgan fingerprint density at radius 1 is 1.37 bits per heavy atom. The number of nitrogens with two attached hydrogens (primary N) is 1. The van der Waals surface area contributed by atoms with Crippen LogP contribution in [0.4, 0.5) is 4.39 Å². The molecule has 1 heterocycles. The second-order valence-electron chi connectivity index (χ2n) is 4.25. The van der Waals surface area contributed by atoms with Gasteiger partial charge in [0.15, 0.2) is 0 Å².